The lowest BCUT2D eigenvalue weighted by atomic mass is 10.4. The van der Waals surface area contributed by atoms with E-state index in [0.717, 1.165) is 18.8 Å². The number of nitrogens with zero attached hydrogens (tertiary/aromatic N) is 4. The van der Waals surface area contributed by atoms with Gasteiger partial charge in [-0.1, -0.05) is 28.3 Å². The first-order chi connectivity index (χ1) is 10.8. The van der Waals surface area contributed by atoms with Gasteiger partial charge >= 0.3 is 0 Å². The molecule has 10 heteroatoms. The van der Waals surface area contributed by atoms with Crippen LogP contribution in [0.15, 0.2) is 24.8 Å². The molecule has 3 aromatic rings. The summed E-state index contributed by atoms with van der Waals surface area (Å²) in [6.45, 7) is 0. The first-order valence-electron chi connectivity index (χ1n) is 6.56. The molecular weight excluding hydrogens is 406 g/mol. The lowest BCUT2D eigenvalue weighted by molar-refractivity contribution is 0.392. The summed E-state index contributed by atoms with van der Waals surface area (Å²) in [5.74, 6) is 1.81. The predicted octanol–water partition coefficient (Wildman–Crippen LogP) is 4.28. The summed E-state index contributed by atoms with van der Waals surface area (Å²) in [4.78, 5) is 5.39. The Morgan fingerprint density at radius 3 is 3.09 bits per heavy atom. The van der Waals surface area contributed by atoms with Crippen molar-refractivity contribution in [2.24, 2.45) is 0 Å². The van der Waals surface area contributed by atoms with E-state index in [1.807, 2.05) is 11.4 Å². The van der Waals surface area contributed by atoms with E-state index < -0.39 is 0 Å². The third kappa shape index (κ3) is 3.50. The van der Waals surface area contributed by atoms with Gasteiger partial charge in [-0.2, -0.15) is 4.98 Å². The van der Waals surface area contributed by atoms with E-state index in [1.54, 1.807) is 34.4 Å². The highest BCUT2D eigenvalue weighted by atomic mass is 79.9. The zero-order valence-electron chi connectivity index (χ0n) is 11.2. The average Bonchev–Trinajstić information content (AvgIpc) is 2.93. The van der Waals surface area contributed by atoms with Crippen LogP contribution in [0, 0.1) is 0 Å². The van der Waals surface area contributed by atoms with Gasteiger partial charge in [0.2, 0.25) is 16.8 Å². The van der Waals surface area contributed by atoms with Gasteiger partial charge in [0, 0.05) is 15.9 Å². The van der Waals surface area contributed by atoms with Gasteiger partial charge in [0.05, 0.1) is 10.6 Å². The Hall–Kier alpha value is -0.970. The van der Waals surface area contributed by atoms with Crippen LogP contribution in [-0.2, 0) is 5.75 Å². The largest absolute Gasteiger partial charge is 0.357 e. The van der Waals surface area contributed by atoms with Crippen molar-refractivity contribution in [3.8, 4) is 10.7 Å². The molecule has 0 radical (unpaired) electrons. The van der Waals surface area contributed by atoms with E-state index >= 15 is 0 Å². The van der Waals surface area contributed by atoms with Crippen molar-refractivity contribution in [2.75, 3.05) is 5.32 Å². The number of nitrogens with one attached hydrogen (secondary N) is 1. The van der Waals surface area contributed by atoms with Gasteiger partial charge in [0.1, 0.15) is 0 Å². The number of halogens is 1. The van der Waals surface area contributed by atoms with Gasteiger partial charge in [-0.25, -0.2) is 0 Å². The van der Waals surface area contributed by atoms with Gasteiger partial charge in [-0.3, -0.25) is 0 Å². The number of hydrogen-bond acceptors (Lipinski definition) is 9. The fraction of sp³-hybridized carbons (Fsp3) is 0.333. The number of rotatable bonds is 6. The van der Waals surface area contributed by atoms with Crippen LogP contribution in [0.25, 0.3) is 10.7 Å². The molecule has 0 saturated heterocycles. The highest BCUT2D eigenvalue weighted by Crippen LogP contribution is 2.32. The molecule has 0 aliphatic heterocycles. The molecule has 6 nitrogen and oxygen atoms in total. The molecule has 1 aliphatic rings. The molecule has 0 spiro atoms. The lowest BCUT2D eigenvalue weighted by Gasteiger charge is -1.94. The Morgan fingerprint density at radius 2 is 2.32 bits per heavy atom. The molecule has 0 bridgehead atoms. The second kappa shape index (κ2) is 6.26. The monoisotopic (exact) mass is 415 g/mol. The van der Waals surface area contributed by atoms with E-state index in [0.29, 0.717) is 23.5 Å². The molecule has 0 atom stereocenters. The van der Waals surface area contributed by atoms with Crippen LogP contribution in [0.1, 0.15) is 18.7 Å². The summed E-state index contributed by atoms with van der Waals surface area (Å²) in [5.41, 5.74) is 0. The highest BCUT2D eigenvalue weighted by molar-refractivity contribution is 9.10. The molecule has 1 saturated carbocycles. The van der Waals surface area contributed by atoms with Crippen LogP contribution >= 0.6 is 50.4 Å². The number of aromatic nitrogens is 4. The van der Waals surface area contributed by atoms with Crippen LogP contribution in [0.5, 0.6) is 0 Å². The maximum Gasteiger partial charge on any atom is 0.237 e. The Bertz CT molecular complexity index is 781. The summed E-state index contributed by atoms with van der Waals surface area (Å²) in [5, 5.41) is 18.5. The van der Waals surface area contributed by atoms with Gasteiger partial charge in [-0.05, 0) is 34.8 Å². The van der Waals surface area contributed by atoms with Gasteiger partial charge in [-0.15, -0.1) is 21.5 Å². The third-order valence-corrected chi connectivity index (χ3v) is 6.55. The highest BCUT2D eigenvalue weighted by Gasteiger charge is 2.22. The molecule has 22 heavy (non-hydrogen) atoms. The summed E-state index contributed by atoms with van der Waals surface area (Å²) < 4.78 is 7.21. The van der Waals surface area contributed by atoms with E-state index in [9.17, 15) is 0 Å². The van der Waals surface area contributed by atoms with Gasteiger partial charge < -0.3 is 9.84 Å². The molecule has 3 aromatic heterocycles. The summed E-state index contributed by atoms with van der Waals surface area (Å²) in [6.07, 6.45) is 2.46. The Morgan fingerprint density at radius 1 is 1.41 bits per heavy atom. The maximum absolute atomic E-state index is 5.28. The fourth-order valence-electron chi connectivity index (χ4n) is 1.70. The molecule has 0 aromatic carbocycles. The summed E-state index contributed by atoms with van der Waals surface area (Å²) in [6, 6.07) is 2.57. The second-order valence-electron chi connectivity index (χ2n) is 4.72. The zero-order chi connectivity index (χ0) is 14.9. The molecule has 0 unspecified atom stereocenters. The molecular formula is C12H10BrN5OS3. The maximum atomic E-state index is 5.28. The third-order valence-electron chi connectivity index (χ3n) is 2.89. The normalized spacial score (nSPS) is 14.4. The Kier molecular flexibility index (Phi) is 4.16. The quantitative estimate of drug-likeness (QED) is 0.601. The predicted molar refractivity (Wildman–Crippen MR) is 91.4 cm³/mol. The van der Waals surface area contributed by atoms with Crippen LogP contribution in [0.3, 0.4) is 0 Å². The number of thioether (sulfide) groups is 1. The number of anilines is 1. The minimum atomic E-state index is 0.592. The van der Waals surface area contributed by atoms with E-state index in [4.69, 9.17) is 4.52 Å². The SMILES string of the molecule is Brc1csc(-c2noc(CSc3nnc(NC4CC4)s3)n2)c1. The molecule has 114 valence electrons. The van der Waals surface area contributed by atoms with E-state index in [2.05, 4.69) is 41.6 Å². The van der Waals surface area contributed by atoms with Crippen molar-refractivity contribution in [3.05, 3.63) is 21.8 Å². The van der Waals surface area contributed by atoms with Crippen molar-refractivity contribution < 1.29 is 4.52 Å². The van der Waals surface area contributed by atoms with E-state index in [1.165, 1.54) is 12.8 Å². The van der Waals surface area contributed by atoms with Crippen molar-refractivity contribution in [1.29, 1.82) is 0 Å². The van der Waals surface area contributed by atoms with Crippen LogP contribution in [-0.4, -0.2) is 26.4 Å². The number of thiophene rings is 1. The summed E-state index contributed by atoms with van der Waals surface area (Å²) in [7, 11) is 0. The molecule has 1 N–H and O–H groups in total. The molecule has 4 rings (SSSR count). The summed E-state index contributed by atoms with van der Waals surface area (Å²) >= 11 is 8.12. The van der Waals surface area contributed by atoms with Crippen LogP contribution < -0.4 is 5.32 Å². The fourth-order valence-corrected chi connectivity index (χ4v) is 4.71. The van der Waals surface area contributed by atoms with Crippen molar-refractivity contribution >= 4 is 55.5 Å². The topological polar surface area (TPSA) is 76.7 Å². The molecule has 1 aliphatic carbocycles. The molecule has 0 amide bonds. The standard InChI is InChI=1S/C12H10BrN5OS3/c13-6-3-8(20-4-6)10-15-9(19-18-10)5-21-12-17-16-11(22-12)14-7-1-2-7/h3-4,7H,1-2,5H2,(H,14,16). The first kappa shape index (κ1) is 14.6. The molecule has 1 fully saturated rings. The Labute approximate surface area is 146 Å². The van der Waals surface area contributed by atoms with Crippen molar-refractivity contribution in [1.82, 2.24) is 20.3 Å². The Balaban J connectivity index is 1.37. The van der Waals surface area contributed by atoms with Gasteiger partial charge in [0.25, 0.3) is 0 Å². The van der Waals surface area contributed by atoms with Gasteiger partial charge in [0.15, 0.2) is 4.34 Å². The zero-order valence-corrected chi connectivity index (χ0v) is 15.2. The van der Waals surface area contributed by atoms with E-state index in [-0.39, 0.29) is 0 Å². The average molecular weight is 416 g/mol. The minimum Gasteiger partial charge on any atom is -0.357 e. The lowest BCUT2D eigenvalue weighted by Crippen LogP contribution is -1.99. The van der Waals surface area contributed by atoms with Crippen molar-refractivity contribution in [2.45, 2.75) is 29.0 Å². The second-order valence-corrected chi connectivity index (χ2v) is 8.75. The molecule has 3 heterocycles. The number of hydrogen-bond donors (Lipinski definition) is 1. The minimum absolute atomic E-state index is 0.592. The van der Waals surface area contributed by atoms with Crippen molar-refractivity contribution in [3.63, 3.8) is 0 Å². The van der Waals surface area contributed by atoms with Crippen LogP contribution in [0.2, 0.25) is 0 Å². The van der Waals surface area contributed by atoms with Crippen LogP contribution in [0.4, 0.5) is 5.13 Å². The first-order valence-corrected chi connectivity index (χ1v) is 10.0. The smallest absolute Gasteiger partial charge is 0.237 e.